The highest BCUT2D eigenvalue weighted by molar-refractivity contribution is 5.85. The summed E-state index contributed by atoms with van der Waals surface area (Å²) in [5.74, 6) is 0.489. The van der Waals surface area contributed by atoms with E-state index in [4.69, 9.17) is 5.73 Å². The highest BCUT2D eigenvalue weighted by Gasteiger charge is 2.34. The average Bonchev–Trinajstić information content (AvgIpc) is 2.36. The van der Waals surface area contributed by atoms with Crippen molar-refractivity contribution >= 4 is 17.9 Å². The molecule has 1 heterocycles. The first-order chi connectivity index (χ1) is 9.72. The van der Waals surface area contributed by atoms with Crippen molar-refractivity contribution in [1.82, 2.24) is 5.43 Å². The second-order valence-electron chi connectivity index (χ2n) is 6.48. The molecule has 0 unspecified atom stereocenters. The van der Waals surface area contributed by atoms with Crippen LogP contribution in [0.1, 0.15) is 49.8 Å². The molecular weight excluding hydrogens is 264 g/mol. The zero-order chi connectivity index (χ0) is 15.8. The summed E-state index contributed by atoms with van der Waals surface area (Å²) in [6, 6.07) is 3.70. The van der Waals surface area contributed by atoms with Crippen LogP contribution in [0.25, 0.3) is 0 Å². The maximum Gasteiger partial charge on any atom is 0.332 e. The molecule has 5 nitrogen and oxygen atoms in total. The summed E-state index contributed by atoms with van der Waals surface area (Å²) in [4.78, 5) is 13.0. The van der Waals surface area contributed by atoms with Crippen molar-refractivity contribution in [2.45, 2.75) is 45.6 Å². The molecule has 0 aliphatic carbocycles. The van der Waals surface area contributed by atoms with Gasteiger partial charge in [-0.1, -0.05) is 6.92 Å². The van der Waals surface area contributed by atoms with E-state index in [1.807, 2.05) is 6.92 Å². The number of hydrazone groups is 1. The summed E-state index contributed by atoms with van der Waals surface area (Å²) in [5.41, 5.74) is 12.1. The maximum atomic E-state index is 10.7. The Bertz CT molecular complexity index is 592. The lowest BCUT2D eigenvalue weighted by molar-refractivity contribution is 0.249. The molecule has 1 aliphatic heterocycles. The molecule has 5 heteroatoms. The number of hydrogen-bond acceptors (Lipinski definition) is 3. The van der Waals surface area contributed by atoms with Gasteiger partial charge < -0.3 is 10.6 Å². The van der Waals surface area contributed by atoms with E-state index in [0.29, 0.717) is 5.92 Å². The zero-order valence-corrected chi connectivity index (χ0v) is 13.4. The molecular formula is C16H24N4O. The molecule has 0 radical (unpaired) electrons. The lowest BCUT2D eigenvalue weighted by Crippen LogP contribution is -2.45. The van der Waals surface area contributed by atoms with Crippen LogP contribution in [0.2, 0.25) is 0 Å². The number of aryl methyl sites for hydroxylation is 1. The number of anilines is 1. The molecule has 0 spiro atoms. The van der Waals surface area contributed by atoms with Gasteiger partial charge in [0.2, 0.25) is 0 Å². The van der Waals surface area contributed by atoms with Gasteiger partial charge in [-0.2, -0.15) is 5.10 Å². The van der Waals surface area contributed by atoms with Crippen LogP contribution in [0.15, 0.2) is 17.2 Å². The fraction of sp³-hybridized carbons (Fsp3) is 0.500. The topological polar surface area (TPSA) is 70.7 Å². The summed E-state index contributed by atoms with van der Waals surface area (Å²) < 4.78 is 0. The first-order valence-corrected chi connectivity index (χ1v) is 7.19. The number of fused-ring (bicyclic) bond motifs is 1. The van der Waals surface area contributed by atoms with Gasteiger partial charge in [0.05, 0.1) is 6.21 Å². The van der Waals surface area contributed by atoms with Crippen molar-refractivity contribution in [3.8, 4) is 0 Å². The third kappa shape index (κ3) is 3.01. The molecule has 0 fully saturated rings. The van der Waals surface area contributed by atoms with Crippen molar-refractivity contribution in [2.75, 3.05) is 11.9 Å². The molecule has 1 aliphatic rings. The van der Waals surface area contributed by atoms with Gasteiger partial charge >= 0.3 is 6.03 Å². The Balaban J connectivity index is 2.41. The Morgan fingerprint density at radius 2 is 2.19 bits per heavy atom. The molecule has 0 saturated carbocycles. The third-order valence-electron chi connectivity index (χ3n) is 4.40. The number of amides is 2. The zero-order valence-electron chi connectivity index (χ0n) is 13.4. The SMILES string of the molecule is Cc1cc2c(cc1/C=N\NC(N)=O)[C@@H](C)CC(C)(C)N2C. The summed E-state index contributed by atoms with van der Waals surface area (Å²) >= 11 is 0. The van der Waals surface area contributed by atoms with Crippen molar-refractivity contribution in [3.63, 3.8) is 0 Å². The maximum absolute atomic E-state index is 10.7. The quantitative estimate of drug-likeness (QED) is 0.649. The molecule has 0 saturated heterocycles. The smallest absolute Gasteiger partial charge is 0.332 e. The first-order valence-electron chi connectivity index (χ1n) is 7.19. The van der Waals surface area contributed by atoms with Crippen LogP contribution in [-0.4, -0.2) is 24.8 Å². The summed E-state index contributed by atoms with van der Waals surface area (Å²) in [7, 11) is 2.15. The van der Waals surface area contributed by atoms with Crippen LogP contribution >= 0.6 is 0 Å². The number of nitrogens with two attached hydrogens (primary N) is 1. The van der Waals surface area contributed by atoms with E-state index in [-0.39, 0.29) is 5.54 Å². The number of hydrogen-bond donors (Lipinski definition) is 2. The minimum atomic E-state index is -0.656. The average molecular weight is 288 g/mol. The number of benzene rings is 1. The highest BCUT2D eigenvalue weighted by atomic mass is 16.2. The Labute approximate surface area is 126 Å². The molecule has 2 amide bonds. The van der Waals surface area contributed by atoms with E-state index in [1.165, 1.54) is 11.3 Å². The van der Waals surface area contributed by atoms with Crippen LogP contribution in [0.5, 0.6) is 0 Å². The lowest BCUT2D eigenvalue weighted by atomic mass is 9.79. The Hall–Kier alpha value is -2.04. The largest absolute Gasteiger partial charge is 0.369 e. The van der Waals surface area contributed by atoms with E-state index >= 15 is 0 Å². The number of rotatable bonds is 2. The van der Waals surface area contributed by atoms with Crippen LogP contribution in [0.4, 0.5) is 10.5 Å². The van der Waals surface area contributed by atoms with Crippen molar-refractivity contribution in [2.24, 2.45) is 10.8 Å². The minimum Gasteiger partial charge on any atom is -0.369 e. The molecule has 0 bridgehead atoms. The van der Waals surface area contributed by atoms with Gasteiger partial charge in [0.15, 0.2) is 0 Å². The van der Waals surface area contributed by atoms with E-state index in [0.717, 1.165) is 17.5 Å². The number of nitrogens with zero attached hydrogens (tertiary/aromatic N) is 2. The Morgan fingerprint density at radius 1 is 1.52 bits per heavy atom. The molecule has 21 heavy (non-hydrogen) atoms. The van der Waals surface area contributed by atoms with E-state index in [1.54, 1.807) is 6.21 Å². The molecule has 1 aromatic rings. The molecule has 0 aromatic heterocycles. The summed E-state index contributed by atoms with van der Waals surface area (Å²) in [6.07, 6.45) is 2.75. The minimum absolute atomic E-state index is 0.155. The molecule has 3 N–H and O–H groups in total. The highest BCUT2D eigenvalue weighted by Crippen LogP contribution is 2.43. The predicted octanol–water partition coefficient (Wildman–Crippen LogP) is 2.72. The van der Waals surface area contributed by atoms with Crippen molar-refractivity contribution < 1.29 is 4.79 Å². The van der Waals surface area contributed by atoms with E-state index < -0.39 is 6.03 Å². The predicted molar refractivity (Wildman–Crippen MR) is 87.0 cm³/mol. The molecule has 1 atom stereocenters. The number of urea groups is 1. The van der Waals surface area contributed by atoms with Crippen LogP contribution in [-0.2, 0) is 0 Å². The summed E-state index contributed by atoms with van der Waals surface area (Å²) in [5, 5.41) is 3.86. The molecule has 2 rings (SSSR count). The monoisotopic (exact) mass is 288 g/mol. The number of nitrogens with one attached hydrogen (secondary N) is 1. The normalized spacial score (nSPS) is 20.4. The second-order valence-corrected chi connectivity index (χ2v) is 6.48. The third-order valence-corrected chi connectivity index (χ3v) is 4.40. The fourth-order valence-electron chi connectivity index (χ4n) is 3.04. The number of carbonyl (C=O) groups is 1. The van der Waals surface area contributed by atoms with Gasteiger partial charge in [-0.15, -0.1) is 0 Å². The van der Waals surface area contributed by atoms with E-state index in [2.05, 4.69) is 55.4 Å². The van der Waals surface area contributed by atoms with Crippen LogP contribution in [0.3, 0.4) is 0 Å². The van der Waals surface area contributed by atoms with Crippen molar-refractivity contribution in [3.05, 3.63) is 28.8 Å². The van der Waals surface area contributed by atoms with Gasteiger partial charge in [-0.05, 0) is 61.9 Å². The Morgan fingerprint density at radius 3 is 2.81 bits per heavy atom. The van der Waals surface area contributed by atoms with Gasteiger partial charge in [0.25, 0.3) is 0 Å². The number of primary amides is 1. The molecule has 1 aromatic carbocycles. The van der Waals surface area contributed by atoms with Crippen LogP contribution < -0.4 is 16.1 Å². The fourth-order valence-corrected chi connectivity index (χ4v) is 3.04. The standard InChI is InChI=1S/C16H24N4O/c1-10-6-14-13(7-12(10)9-18-19-15(17)21)11(2)8-16(3,4)20(14)5/h6-7,9,11H,8H2,1-5H3,(H3,17,19,21)/b18-9-/t11-/m0/s1. The first kappa shape index (κ1) is 15.4. The number of carbonyl (C=O) groups excluding carboxylic acids is 1. The second kappa shape index (κ2) is 5.39. The van der Waals surface area contributed by atoms with Crippen molar-refractivity contribution in [1.29, 1.82) is 0 Å². The van der Waals surface area contributed by atoms with Gasteiger partial charge in [-0.25, -0.2) is 10.2 Å². The van der Waals surface area contributed by atoms with Crippen LogP contribution in [0, 0.1) is 6.92 Å². The molecule has 114 valence electrons. The summed E-state index contributed by atoms with van der Waals surface area (Å²) in [6.45, 7) is 8.85. The Kier molecular flexibility index (Phi) is 3.94. The van der Waals surface area contributed by atoms with Gasteiger partial charge in [-0.3, -0.25) is 0 Å². The lowest BCUT2D eigenvalue weighted by Gasteiger charge is -2.45. The van der Waals surface area contributed by atoms with E-state index in [9.17, 15) is 4.79 Å². The van der Waals surface area contributed by atoms with Gasteiger partial charge in [0.1, 0.15) is 0 Å². The van der Waals surface area contributed by atoms with Gasteiger partial charge in [0, 0.05) is 18.3 Å².